The summed E-state index contributed by atoms with van der Waals surface area (Å²) < 4.78 is 5.63. The van der Waals surface area contributed by atoms with E-state index in [0.29, 0.717) is 12.1 Å². The maximum Gasteiger partial charge on any atom is 0.191 e. The highest BCUT2D eigenvalue weighted by atomic mass is 16.5. The lowest BCUT2D eigenvalue weighted by atomic mass is 9.79. The normalized spacial score (nSPS) is 29.0. The molecule has 1 aliphatic carbocycles. The Bertz CT molecular complexity index is 479. The summed E-state index contributed by atoms with van der Waals surface area (Å²) in [5.74, 6) is 0.925. The van der Waals surface area contributed by atoms with Gasteiger partial charge >= 0.3 is 0 Å². The molecule has 3 N–H and O–H groups in total. The lowest BCUT2D eigenvalue weighted by Crippen LogP contribution is -2.59. The highest BCUT2D eigenvalue weighted by Crippen LogP contribution is 2.35. The van der Waals surface area contributed by atoms with Crippen LogP contribution in [-0.2, 0) is 4.74 Å². The molecule has 0 bridgehead atoms. The van der Waals surface area contributed by atoms with Gasteiger partial charge in [0.15, 0.2) is 5.96 Å². The van der Waals surface area contributed by atoms with E-state index >= 15 is 0 Å². The number of rotatable bonds is 8. The molecule has 0 spiro atoms. The fraction of sp³-hybridized carbons (Fsp3) is 0.955. The minimum Gasteiger partial charge on any atom is -0.396 e. The second-order valence-corrected chi connectivity index (χ2v) is 9.16. The van der Waals surface area contributed by atoms with Crippen molar-refractivity contribution in [3.63, 3.8) is 0 Å². The van der Waals surface area contributed by atoms with Gasteiger partial charge in [0.1, 0.15) is 0 Å². The van der Waals surface area contributed by atoms with Crippen molar-refractivity contribution >= 4 is 5.96 Å². The zero-order valence-corrected chi connectivity index (χ0v) is 18.0. The van der Waals surface area contributed by atoms with Gasteiger partial charge in [-0.1, -0.05) is 25.7 Å². The maximum absolute atomic E-state index is 9.47. The molecule has 1 unspecified atom stereocenters. The zero-order valence-electron chi connectivity index (χ0n) is 18.0. The SMILES string of the molecule is CCNC(=NCC1(CCO)CCOC1)NCC1(N2CCCCC2)CCCCC1. The second-order valence-electron chi connectivity index (χ2n) is 9.16. The summed E-state index contributed by atoms with van der Waals surface area (Å²) in [7, 11) is 0. The molecule has 0 amide bonds. The topological polar surface area (TPSA) is 69.1 Å². The van der Waals surface area contributed by atoms with Crippen LogP contribution in [0.15, 0.2) is 4.99 Å². The van der Waals surface area contributed by atoms with Crippen molar-refractivity contribution in [2.24, 2.45) is 10.4 Å². The summed E-state index contributed by atoms with van der Waals surface area (Å²) in [6, 6.07) is 0. The Morgan fingerprint density at radius 2 is 1.79 bits per heavy atom. The van der Waals surface area contributed by atoms with Crippen molar-refractivity contribution in [1.29, 1.82) is 0 Å². The molecule has 0 radical (unpaired) electrons. The van der Waals surface area contributed by atoms with Gasteiger partial charge in [-0.2, -0.15) is 0 Å². The van der Waals surface area contributed by atoms with E-state index in [1.807, 2.05) is 0 Å². The van der Waals surface area contributed by atoms with E-state index in [4.69, 9.17) is 9.73 Å². The smallest absolute Gasteiger partial charge is 0.191 e. The quantitative estimate of drug-likeness (QED) is 0.436. The molecule has 3 fully saturated rings. The van der Waals surface area contributed by atoms with Gasteiger partial charge in [-0.15, -0.1) is 0 Å². The van der Waals surface area contributed by atoms with Crippen LogP contribution < -0.4 is 10.6 Å². The summed E-state index contributed by atoms with van der Waals surface area (Å²) in [5, 5.41) is 16.6. The van der Waals surface area contributed by atoms with Crippen LogP contribution in [0.5, 0.6) is 0 Å². The predicted octanol–water partition coefficient (Wildman–Crippen LogP) is 2.52. The lowest BCUT2D eigenvalue weighted by Gasteiger charge is -2.48. The first-order chi connectivity index (χ1) is 13.7. The van der Waals surface area contributed by atoms with Crippen LogP contribution in [0.4, 0.5) is 0 Å². The minimum absolute atomic E-state index is 0.00645. The van der Waals surface area contributed by atoms with Crippen molar-refractivity contribution in [2.45, 2.75) is 76.7 Å². The number of nitrogens with one attached hydrogen (secondary N) is 2. The number of hydrogen-bond acceptors (Lipinski definition) is 4. The number of aliphatic hydroxyl groups is 1. The molecule has 0 aromatic rings. The fourth-order valence-corrected chi connectivity index (χ4v) is 5.31. The van der Waals surface area contributed by atoms with Crippen LogP contribution in [0.2, 0.25) is 0 Å². The van der Waals surface area contributed by atoms with Crippen molar-refractivity contribution in [1.82, 2.24) is 15.5 Å². The first kappa shape index (κ1) is 21.8. The third kappa shape index (κ3) is 5.61. The standard InChI is InChI=1S/C22H42N4O2/c1-2-23-20(24-17-21(11-15-27)12-16-28-19-21)25-18-22(9-5-3-6-10-22)26-13-7-4-8-14-26/h27H,2-19H2,1H3,(H2,23,24,25). The Balaban J connectivity index is 1.64. The van der Waals surface area contributed by atoms with E-state index in [1.165, 1.54) is 64.5 Å². The molecule has 2 saturated heterocycles. The number of piperidine rings is 1. The molecule has 1 saturated carbocycles. The van der Waals surface area contributed by atoms with E-state index in [-0.39, 0.29) is 12.0 Å². The van der Waals surface area contributed by atoms with Gasteiger partial charge in [0.05, 0.1) is 13.2 Å². The van der Waals surface area contributed by atoms with Gasteiger partial charge in [0, 0.05) is 37.3 Å². The number of guanidine groups is 1. The molecule has 0 aromatic heterocycles. The van der Waals surface area contributed by atoms with Gasteiger partial charge < -0.3 is 20.5 Å². The molecule has 0 aromatic carbocycles. The van der Waals surface area contributed by atoms with Crippen LogP contribution in [0, 0.1) is 5.41 Å². The van der Waals surface area contributed by atoms with Crippen LogP contribution in [0.3, 0.4) is 0 Å². The molecular formula is C22H42N4O2. The Morgan fingerprint density at radius 1 is 1.04 bits per heavy atom. The highest BCUT2D eigenvalue weighted by molar-refractivity contribution is 5.79. The maximum atomic E-state index is 9.47. The molecule has 162 valence electrons. The molecule has 2 aliphatic heterocycles. The number of hydrogen-bond donors (Lipinski definition) is 3. The van der Waals surface area contributed by atoms with Crippen LogP contribution in [-0.4, -0.2) is 74.0 Å². The van der Waals surface area contributed by atoms with E-state index in [0.717, 1.165) is 45.0 Å². The fourth-order valence-electron chi connectivity index (χ4n) is 5.31. The summed E-state index contributed by atoms with van der Waals surface area (Å²) in [6.07, 6.45) is 12.5. The predicted molar refractivity (Wildman–Crippen MR) is 115 cm³/mol. The molecule has 6 nitrogen and oxygen atoms in total. The van der Waals surface area contributed by atoms with Gasteiger partial charge in [0.2, 0.25) is 0 Å². The Morgan fingerprint density at radius 3 is 2.43 bits per heavy atom. The van der Waals surface area contributed by atoms with Crippen molar-refractivity contribution in [3.8, 4) is 0 Å². The van der Waals surface area contributed by atoms with Gasteiger partial charge in [-0.05, 0) is 58.5 Å². The molecular weight excluding hydrogens is 352 g/mol. The summed E-state index contributed by atoms with van der Waals surface area (Å²) in [6.45, 7) is 8.93. The Kier molecular flexibility index (Phi) is 8.42. The highest BCUT2D eigenvalue weighted by Gasteiger charge is 2.38. The van der Waals surface area contributed by atoms with Crippen molar-refractivity contribution in [3.05, 3.63) is 0 Å². The van der Waals surface area contributed by atoms with Crippen molar-refractivity contribution < 1.29 is 9.84 Å². The van der Waals surface area contributed by atoms with E-state index in [2.05, 4.69) is 22.5 Å². The molecule has 2 heterocycles. The second kappa shape index (κ2) is 10.8. The van der Waals surface area contributed by atoms with Gasteiger partial charge in [0.25, 0.3) is 0 Å². The van der Waals surface area contributed by atoms with Crippen LogP contribution in [0.25, 0.3) is 0 Å². The number of nitrogens with zero attached hydrogens (tertiary/aromatic N) is 2. The first-order valence-electron chi connectivity index (χ1n) is 11.7. The monoisotopic (exact) mass is 394 g/mol. The minimum atomic E-state index is 0.00645. The average Bonchev–Trinajstić information content (AvgIpc) is 3.20. The molecule has 3 aliphatic rings. The third-order valence-corrected chi connectivity index (χ3v) is 7.14. The third-order valence-electron chi connectivity index (χ3n) is 7.14. The largest absolute Gasteiger partial charge is 0.396 e. The Hall–Kier alpha value is -0.850. The summed E-state index contributed by atoms with van der Waals surface area (Å²) in [5.41, 5.74) is 0.306. The molecule has 28 heavy (non-hydrogen) atoms. The Labute approximate surface area is 171 Å². The average molecular weight is 395 g/mol. The number of aliphatic hydroxyl groups excluding tert-OH is 1. The first-order valence-corrected chi connectivity index (χ1v) is 11.7. The molecule has 6 heteroatoms. The van der Waals surface area contributed by atoms with Crippen molar-refractivity contribution in [2.75, 3.05) is 52.5 Å². The molecule has 3 rings (SSSR count). The van der Waals surface area contributed by atoms with Crippen LogP contribution in [0.1, 0.15) is 71.1 Å². The lowest BCUT2D eigenvalue weighted by molar-refractivity contribution is 0.0368. The summed E-state index contributed by atoms with van der Waals surface area (Å²) in [4.78, 5) is 7.71. The number of ether oxygens (including phenoxy) is 1. The van der Waals surface area contributed by atoms with Crippen LogP contribution >= 0.6 is 0 Å². The number of aliphatic imine (C=N–C) groups is 1. The summed E-state index contributed by atoms with van der Waals surface area (Å²) >= 11 is 0. The number of likely N-dealkylation sites (tertiary alicyclic amines) is 1. The van der Waals surface area contributed by atoms with E-state index in [1.54, 1.807) is 0 Å². The molecule has 1 atom stereocenters. The zero-order chi connectivity index (χ0) is 19.7. The van der Waals surface area contributed by atoms with Gasteiger partial charge in [-0.3, -0.25) is 9.89 Å². The van der Waals surface area contributed by atoms with Gasteiger partial charge in [-0.25, -0.2) is 0 Å². The van der Waals surface area contributed by atoms with E-state index < -0.39 is 0 Å². The van der Waals surface area contributed by atoms with E-state index in [9.17, 15) is 5.11 Å².